The van der Waals surface area contributed by atoms with E-state index < -0.39 is 6.10 Å². The van der Waals surface area contributed by atoms with Crippen LogP contribution in [-0.4, -0.2) is 55.0 Å². The number of methoxy groups -OCH3 is 1. The van der Waals surface area contributed by atoms with E-state index in [-0.39, 0.29) is 0 Å². The van der Waals surface area contributed by atoms with Gasteiger partial charge in [0.1, 0.15) is 10.6 Å². The normalized spacial score (nSPS) is 12.6. The van der Waals surface area contributed by atoms with Crippen LogP contribution in [0.3, 0.4) is 0 Å². The number of anilines is 2. The van der Waals surface area contributed by atoms with Crippen molar-refractivity contribution in [2.45, 2.75) is 13.0 Å². The Balaban J connectivity index is 2.28. The third kappa shape index (κ3) is 3.36. The summed E-state index contributed by atoms with van der Waals surface area (Å²) in [6.45, 7) is 3.55. The van der Waals surface area contributed by atoms with Gasteiger partial charge in [-0.1, -0.05) is 0 Å². The second kappa shape index (κ2) is 6.83. The maximum atomic E-state index is 9.85. The lowest BCUT2D eigenvalue weighted by Crippen LogP contribution is -2.32. The number of fused-ring (bicyclic) bond motifs is 1. The Morgan fingerprint density at radius 1 is 1.50 bits per heavy atom. The molecule has 0 radical (unpaired) electrons. The number of rotatable bonds is 7. The summed E-state index contributed by atoms with van der Waals surface area (Å²) in [7, 11) is 3.49. The molecule has 0 spiro atoms. The van der Waals surface area contributed by atoms with Crippen LogP contribution in [0.1, 0.15) is 6.92 Å². The molecule has 1 atom stereocenters. The molecule has 6 nitrogen and oxygen atoms in total. The summed E-state index contributed by atoms with van der Waals surface area (Å²) in [5.74, 6) is 1.44. The van der Waals surface area contributed by atoms with E-state index in [0.717, 1.165) is 22.6 Å². The fourth-order valence-electron chi connectivity index (χ4n) is 2.02. The molecule has 20 heavy (non-hydrogen) atoms. The zero-order valence-electron chi connectivity index (χ0n) is 12.0. The summed E-state index contributed by atoms with van der Waals surface area (Å²) in [6, 6.07) is 2.00. The molecule has 0 aliphatic carbocycles. The van der Waals surface area contributed by atoms with Gasteiger partial charge in [-0.15, -0.1) is 11.3 Å². The highest BCUT2D eigenvalue weighted by molar-refractivity contribution is 7.16. The number of ether oxygens (including phenoxy) is 1. The molecule has 2 aromatic rings. The van der Waals surface area contributed by atoms with Crippen LogP contribution in [0.15, 0.2) is 11.4 Å². The van der Waals surface area contributed by atoms with Gasteiger partial charge in [0.05, 0.1) is 18.1 Å². The number of likely N-dealkylation sites (N-methyl/N-ethyl adjacent to an activating group) is 1. The van der Waals surface area contributed by atoms with E-state index in [2.05, 4.69) is 15.3 Å². The standard InChI is InChI=1S/C13H20N4O2S/c1-4-14-13-15-11(10-5-6-20-12(10)16-13)17(2)7-9(18)8-19-3/h5-6,9,18H,4,7-8H2,1-3H3,(H,14,15,16). The summed E-state index contributed by atoms with van der Waals surface area (Å²) < 4.78 is 4.96. The summed E-state index contributed by atoms with van der Waals surface area (Å²) in [4.78, 5) is 11.9. The van der Waals surface area contributed by atoms with Gasteiger partial charge in [0.15, 0.2) is 0 Å². The number of aliphatic hydroxyl groups excluding tert-OH is 1. The summed E-state index contributed by atoms with van der Waals surface area (Å²) in [6.07, 6.45) is -0.545. The number of hydrogen-bond donors (Lipinski definition) is 2. The summed E-state index contributed by atoms with van der Waals surface area (Å²) in [5.41, 5.74) is 0. The van der Waals surface area contributed by atoms with Gasteiger partial charge in [0, 0.05) is 27.2 Å². The predicted molar refractivity (Wildman–Crippen MR) is 82.7 cm³/mol. The van der Waals surface area contributed by atoms with Crippen LogP contribution in [-0.2, 0) is 4.74 Å². The van der Waals surface area contributed by atoms with Crippen LogP contribution in [0.5, 0.6) is 0 Å². The SMILES string of the molecule is CCNc1nc(N(C)CC(O)COC)c2ccsc2n1. The van der Waals surface area contributed by atoms with Gasteiger partial charge in [-0.2, -0.15) is 4.98 Å². The van der Waals surface area contributed by atoms with E-state index in [1.165, 1.54) is 0 Å². The minimum Gasteiger partial charge on any atom is -0.389 e. The Morgan fingerprint density at radius 2 is 2.30 bits per heavy atom. The fourth-order valence-corrected chi connectivity index (χ4v) is 2.77. The first kappa shape index (κ1) is 15.0. The van der Waals surface area contributed by atoms with Crippen molar-refractivity contribution >= 4 is 33.3 Å². The first-order valence-electron chi connectivity index (χ1n) is 6.53. The molecule has 2 N–H and O–H groups in total. The van der Waals surface area contributed by atoms with Crippen molar-refractivity contribution in [2.75, 3.05) is 44.1 Å². The van der Waals surface area contributed by atoms with E-state index in [4.69, 9.17) is 4.74 Å². The quantitative estimate of drug-likeness (QED) is 0.808. The molecule has 2 aromatic heterocycles. The Bertz CT molecular complexity index is 560. The molecule has 110 valence electrons. The lowest BCUT2D eigenvalue weighted by molar-refractivity contribution is 0.0694. The molecule has 0 amide bonds. The molecule has 2 rings (SSSR count). The molecule has 0 aliphatic rings. The molecule has 0 saturated heterocycles. The van der Waals surface area contributed by atoms with Crippen molar-refractivity contribution in [3.8, 4) is 0 Å². The minimum atomic E-state index is -0.545. The van der Waals surface area contributed by atoms with Gasteiger partial charge in [-0.05, 0) is 18.4 Å². The smallest absolute Gasteiger partial charge is 0.226 e. The van der Waals surface area contributed by atoms with Gasteiger partial charge < -0.3 is 20.1 Å². The number of nitrogens with one attached hydrogen (secondary N) is 1. The van der Waals surface area contributed by atoms with Crippen LogP contribution in [0.25, 0.3) is 10.2 Å². The molecular formula is C13H20N4O2S. The van der Waals surface area contributed by atoms with Crippen molar-refractivity contribution in [3.63, 3.8) is 0 Å². The third-order valence-corrected chi connectivity index (χ3v) is 3.65. The van der Waals surface area contributed by atoms with E-state index >= 15 is 0 Å². The average Bonchev–Trinajstić information content (AvgIpc) is 2.86. The molecule has 0 fully saturated rings. The molecule has 0 aliphatic heterocycles. The zero-order chi connectivity index (χ0) is 14.5. The Hall–Kier alpha value is -1.44. The number of hydrogen-bond acceptors (Lipinski definition) is 7. The van der Waals surface area contributed by atoms with E-state index in [1.54, 1.807) is 18.4 Å². The van der Waals surface area contributed by atoms with Crippen molar-refractivity contribution in [2.24, 2.45) is 0 Å². The summed E-state index contributed by atoms with van der Waals surface area (Å²) >= 11 is 1.58. The molecule has 1 unspecified atom stereocenters. The highest BCUT2D eigenvalue weighted by Crippen LogP contribution is 2.28. The third-order valence-electron chi connectivity index (χ3n) is 2.85. The van der Waals surface area contributed by atoms with Gasteiger partial charge in [0.25, 0.3) is 0 Å². The van der Waals surface area contributed by atoms with Crippen molar-refractivity contribution < 1.29 is 9.84 Å². The minimum absolute atomic E-state index is 0.308. The second-order valence-corrected chi connectivity index (χ2v) is 5.42. The van der Waals surface area contributed by atoms with Gasteiger partial charge in [0.2, 0.25) is 5.95 Å². The van der Waals surface area contributed by atoms with Crippen molar-refractivity contribution in [1.29, 1.82) is 0 Å². The van der Waals surface area contributed by atoms with Crippen LogP contribution in [0.4, 0.5) is 11.8 Å². The van der Waals surface area contributed by atoms with E-state index in [1.807, 2.05) is 30.3 Å². The Labute approximate surface area is 122 Å². The molecule has 0 saturated carbocycles. The Kier molecular flexibility index (Phi) is 5.11. The topological polar surface area (TPSA) is 70.5 Å². The van der Waals surface area contributed by atoms with E-state index in [9.17, 15) is 5.11 Å². The molecule has 2 heterocycles. The number of thiophene rings is 1. The lowest BCUT2D eigenvalue weighted by atomic mass is 10.3. The van der Waals surface area contributed by atoms with Crippen LogP contribution in [0.2, 0.25) is 0 Å². The van der Waals surface area contributed by atoms with Crippen LogP contribution in [0, 0.1) is 0 Å². The van der Waals surface area contributed by atoms with Crippen molar-refractivity contribution in [1.82, 2.24) is 9.97 Å². The highest BCUT2D eigenvalue weighted by atomic mass is 32.1. The van der Waals surface area contributed by atoms with Crippen LogP contribution < -0.4 is 10.2 Å². The summed E-state index contributed by atoms with van der Waals surface area (Å²) in [5, 5.41) is 16.0. The largest absolute Gasteiger partial charge is 0.389 e. The Morgan fingerprint density at radius 3 is 3.00 bits per heavy atom. The fraction of sp³-hybridized carbons (Fsp3) is 0.538. The zero-order valence-corrected chi connectivity index (χ0v) is 12.8. The first-order chi connectivity index (χ1) is 9.65. The first-order valence-corrected chi connectivity index (χ1v) is 7.41. The molecule has 7 heteroatoms. The highest BCUT2D eigenvalue weighted by Gasteiger charge is 2.15. The maximum absolute atomic E-state index is 9.85. The van der Waals surface area contributed by atoms with E-state index in [0.29, 0.717) is 19.1 Å². The monoisotopic (exact) mass is 296 g/mol. The van der Waals surface area contributed by atoms with Gasteiger partial charge in [-0.25, -0.2) is 4.98 Å². The van der Waals surface area contributed by atoms with Gasteiger partial charge in [-0.3, -0.25) is 0 Å². The average molecular weight is 296 g/mol. The molecule has 0 aromatic carbocycles. The van der Waals surface area contributed by atoms with Crippen LogP contribution >= 0.6 is 11.3 Å². The predicted octanol–water partition coefficient (Wildman–Crippen LogP) is 1.57. The molecular weight excluding hydrogens is 276 g/mol. The second-order valence-electron chi connectivity index (χ2n) is 4.53. The molecule has 0 bridgehead atoms. The number of aliphatic hydroxyl groups is 1. The lowest BCUT2D eigenvalue weighted by Gasteiger charge is -2.22. The maximum Gasteiger partial charge on any atom is 0.226 e. The number of nitrogens with zero attached hydrogens (tertiary/aromatic N) is 3. The van der Waals surface area contributed by atoms with Gasteiger partial charge >= 0.3 is 0 Å². The number of aromatic nitrogens is 2. The van der Waals surface area contributed by atoms with Crippen molar-refractivity contribution in [3.05, 3.63) is 11.4 Å².